The molecule has 0 heterocycles. The molecule has 0 fully saturated rings. The average molecular weight is 229 g/mol. The zero-order valence-corrected chi connectivity index (χ0v) is 8.44. The lowest BCUT2D eigenvalue weighted by molar-refractivity contribution is -0.138. The Labute approximate surface area is 91.1 Å². The maximum absolute atomic E-state index is 11.4. The van der Waals surface area contributed by atoms with Crippen molar-refractivity contribution in [2.24, 2.45) is 0 Å². The third kappa shape index (κ3) is 3.34. The standard InChI is InChI=1S/C10H9ClO4/c11-7-3-1-6(2-4-7)10(15)8(12)5-9(13)14/h1-4,8,12H,5H2,(H,13,14). The fraction of sp³-hybridized carbons (Fsp3) is 0.200. The normalized spacial score (nSPS) is 12.1. The molecule has 0 aromatic heterocycles. The van der Waals surface area contributed by atoms with Crippen molar-refractivity contribution >= 4 is 23.4 Å². The molecule has 0 spiro atoms. The van der Waals surface area contributed by atoms with Crippen LogP contribution in [-0.2, 0) is 4.79 Å². The molecular weight excluding hydrogens is 220 g/mol. The van der Waals surface area contributed by atoms with Gasteiger partial charge >= 0.3 is 5.97 Å². The number of aliphatic hydroxyl groups excluding tert-OH is 1. The molecule has 1 rings (SSSR count). The molecule has 0 saturated heterocycles. The van der Waals surface area contributed by atoms with Gasteiger partial charge in [-0.2, -0.15) is 0 Å². The molecule has 0 saturated carbocycles. The van der Waals surface area contributed by atoms with Crippen LogP contribution in [0.25, 0.3) is 0 Å². The first-order valence-electron chi connectivity index (χ1n) is 4.20. The summed E-state index contributed by atoms with van der Waals surface area (Å²) in [5, 5.41) is 18.1. The van der Waals surface area contributed by atoms with E-state index in [0.717, 1.165) is 0 Å². The third-order valence-electron chi connectivity index (χ3n) is 1.80. The summed E-state index contributed by atoms with van der Waals surface area (Å²) in [4.78, 5) is 21.7. The van der Waals surface area contributed by atoms with Crippen LogP contribution in [0.4, 0.5) is 0 Å². The Hall–Kier alpha value is -1.39. The molecule has 0 aliphatic carbocycles. The molecule has 0 bridgehead atoms. The van der Waals surface area contributed by atoms with Gasteiger partial charge in [0.05, 0.1) is 6.42 Å². The van der Waals surface area contributed by atoms with E-state index in [4.69, 9.17) is 16.7 Å². The molecule has 1 unspecified atom stereocenters. The molecular formula is C10H9ClO4. The van der Waals surface area contributed by atoms with E-state index in [9.17, 15) is 14.7 Å². The van der Waals surface area contributed by atoms with Crippen LogP contribution in [-0.4, -0.2) is 28.1 Å². The largest absolute Gasteiger partial charge is 0.481 e. The summed E-state index contributed by atoms with van der Waals surface area (Å²) in [5.74, 6) is -1.83. The molecule has 5 heteroatoms. The fourth-order valence-corrected chi connectivity index (χ4v) is 1.19. The lowest BCUT2D eigenvalue weighted by Crippen LogP contribution is -2.23. The van der Waals surface area contributed by atoms with Gasteiger partial charge in [-0.05, 0) is 24.3 Å². The lowest BCUT2D eigenvalue weighted by atomic mass is 10.0. The Morgan fingerprint density at radius 2 is 1.80 bits per heavy atom. The first-order valence-corrected chi connectivity index (χ1v) is 4.58. The van der Waals surface area contributed by atoms with Crippen LogP contribution >= 0.6 is 11.6 Å². The molecule has 1 aromatic rings. The topological polar surface area (TPSA) is 74.6 Å². The Bertz CT molecular complexity index is 372. The van der Waals surface area contributed by atoms with Gasteiger partial charge in [-0.15, -0.1) is 0 Å². The van der Waals surface area contributed by atoms with Gasteiger partial charge in [0.1, 0.15) is 6.10 Å². The summed E-state index contributed by atoms with van der Waals surface area (Å²) in [6.45, 7) is 0. The Kier molecular flexibility index (Phi) is 3.82. The van der Waals surface area contributed by atoms with Gasteiger partial charge in [-0.1, -0.05) is 11.6 Å². The number of carboxylic acid groups (broad SMARTS) is 1. The SMILES string of the molecule is O=C(O)CC(O)C(=O)c1ccc(Cl)cc1. The molecule has 4 nitrogen and oxygen atoms in total. The van der Waals surface area contributed by atoms with Crippen molar-refractivity contribution in [2.45, 2.75) is 12.5 Å². The first kappa shape index (κ1) is 11.7. The number of Topliss-reactive ketones (excluding diaryl/α,β-unsaturated/α-hetero) is 1. The van der Waals surface area contributed by atoms with Gasteiger partial charge < -0.3 is 10.2 Å². The zero-order valence-electron chi connectivity index (χ0n) is 7.68. The molecule has 0 amide bonds. The minimum Gasteiger partial charge on any atom is -0.481 e. The minimum absolute atomic E-state index is 0.244. The van der Waals surface area contributed by atoms with Crippen LogP contribution in [0.15, 0.2) is 24.3 Å². The van der Waals surface area contributed by atoms with Gasteiger partial charge in [-0.3, -0.25) is 9.59 Å². The number of carbonyl (C=O) groups is 2. The van der Waals surface area contributed by atoms with Crippen LogP contribution in [0.2, 0.25) is 5.02 Å². The van der Waals surface area contributed by atoms with E-state index < -0.39 is 24.3 Å². The van der Waals surface area contributed by atoms with Crippen LogP contribution < -0.4 is 0 Å². The summed E-state index contributed by atoms with van der Waals surface area (Å²) in [6.07, 6.45) is -2.11. The van der Waals surface area contributed by atoms with Crippen molar-refractivity contribution in [2.75, 3.05) is 0 Å². The van der Waals surface area contributed by atoms with Crippen LogP contribution in [0.1, 0.15) is 16.8 Å². The Morgan fingerprint density at radius 1 is 1.27 bits per heavy atom. The van der Waals surface area contributed by atoms with Gasteiger partial charge in [0, 0.05) is 10.6 Å². The van der Waals surface area contributed by atoms with E-state index in [1.807, 2.05) is 0 Å². The average Bonchev–Trinajstić information content (AvgIpc) is 2.17. The number of ketones is 1. The highest BCUT2D eigenvalue weighted by molar-refractivity contribution is 6.30. The molecule has 80 valence electrons. The molecule has 0 aliphatic heterocycles. The highest BCUT2D eigenvalue weighted by atomic mass is 35.5. The highest BCUT2D eigenvalue weighted by Crippen LogP contribution is 2.12. The summed E-state index contributed by atoms with van der Waals surface area (Å²) >= 11 is 5.61. The van der Waals surface area contributed by atoms with Crippen molar-refractivity contribution in [3.63, 3.8) is 0 Å². The zero-order chi connectivity index (χ0) is 11.4. The predicted molar refractivity (Wildman–Crippen MR) is 54.0 cm³/mol. The summed E-state index contributed by atoms with van der Waals surface area (Å²) in [6, 6.07) is 5.88. The summed E-state index contributed by atoms with van der Waals surface area (Å²) in [7, 11) is 0. The lowest BCUT2D eigenvalue weighted by Gasteiger charge is -2.06. The molecule has 0 aliphatic rings. The maximum atomic E-state index is 11.4. The quantitative estimate of drug-likeness (QED) is 0.763. The number of rotatable bonds is 4. The number of halogens is 1. The molecule has 15 heavy (non-hydrogen) atoms. The monoisotopic (exact) mass is 228 g/mol. The Morgan fingerprint density at radius 3 is 2.27 bits per heavy atom. The summed E-state index contributed by atoms with van der Waals surface area (Å²) < 4.78 is 0. The van der Waals surface area contributed by atoms with E-state index >= 15 is 0 Å². The highest BCUT2D eigenvalue weighted by Gasteiger charge is 2.19. The number of hydrogen-bond acceptors (Lipinski definition) is 3. The van der Waals surface area contributed by atoms with E-state index in [0.29, 0.717) is 5.02 Å². The van der Waals surface area contributed by atoms with E-state index in [2.05, 4.69) is 0 Å². The van der Waals surface area contributed by atoms with Crippen molar-refractivity contribution < 1.29 is 19.8 Å². The van der Waals surface area contributed by atoms with Crippen molar-refractivity contribution in [1.82, 2.24) is 0 Å². The second-order valence-electron chi connectivity index (χ2n) is 2.98. The number of carboxylic acids is 1. The third-order valence-corrected chi connectivity index (χ3v) is 2.05. The van der Waals surface area contributed by atoms with E-state index in [1.54, 1.807) is 0 Å². The van der Waals surface area contributed by atoms with Gasteiger partial charge in [0.15, 0.2) is 5.78 Å². The van der Waals surface area contributed by atoms with Gasteiger partial charge in [0.25, 0.3) is 0 Å². The predicted octanol–water partition coefficient (Wildman–Crippen LogP) is 1.36. The molecule has 0 radical (unpaired) electrons. The van der Waals surface area contributed by atoms with Crippen LogP contribution in [0.5, 0.6) is 0 Å². The number of aliphatic carboxylic acids is 1. The van der Waals surface area contributed by atoms with E-state index in [1.165, 1.54) is 24.3 Å². The van der Waals surface area contributed by atoms with E-state index in [-0.39, 0.29) is 5.56 Å². The second-order valence-corrected chi connectivity index (χ2v) is 3.42. The second kappa shape index (κ2) is 4.91. The van der Waals surface area contributed by atoms with Crippen molar-refractivity contribution in [3.8, 4) is 0 Å². The van der Waals surface area contributed by atoms with Crippen LogP contribution in [0.3, 0.4) is 0 Å². The van der Waals surface area contributed by atoms with Crippen LogP contribution in [0, 0.1) is 0 Å². The van der Waals surface area contributed by atoms with Gasteiger partial charge in [0.2, 0.25) is 0 Å². The molecule has 2 N–H and O–H groups in total. The van der Waals surface area contributed by atoms with Crippen molar-refractivity contribution in [3.05, 3.63) is 34.9 Å². The number of benzene rings is 1. The maximum Gasteiger partial charge on any atom is 0.306 e. The number of aliphatic hydroxyl groups is 1. The number of carbonyl (C=O) groups excluding carboxylic acids is 1. The first-order chi connectivity index (χ1) is 7.00. The number of hydrogen-bond donors (Lipinski definition) is 2. The smallest absolute Gasteiger partial charge is 0.306 e. The molecule has 1 atom stereocenters. The minimum atomic E-state index is -1.51. The van der Waals surface area contributed by atoms with Crippen molar-refractivity contribution in [1.29, 1.82) is 0 Å². The Balaban J connectivity index is 2.76. The summed E-state index contributed by atoms with van der Waals surface area (Å²) in [5.41, 5.74) is 0.244. The fourth-order valence-electron chi connectivity index (χ4n) is 1.06. The van der Waals surface area contributed by atoms with Gasteiger partial charge in [-0.25, -0.2) is 0 Å². The molecule has 1 aromatic carbocycles.